The molecular formula is C8H13NO. The van der Waals surface area contributed by atoms with E-state index < -0.39 is 6.10 Å². The summed E-state index contributed by atoms with van der Waals surface area (Å²) in [4.78, 5) is 0. The minimum Gasteiger partial charge on any atom is -0.391 e. The van der Waals surface area contributed by atoms with Gasteiger partial charge < -0.3 is 5.11 Å². The molecule has 0 spiro atoms. The maximum Gasteiger partial charge on any atom is 0.0836 e. The summed E-state index contributed by atoms with van der Waals surface area (Å²) in [6.07, 6.45) is 1.34. The molecule has 1 saturated carbocycles. The fourth-order valence-corrected chi connectivity index (χ4v) is 1.25. The highest BCUT2D eigenvalue weighted by molar-refractivity contribution is 5.14. The molecule has 1 unspecified atom stereocenters. The SMILES string of the molecule is CC(C)C(O)C1(C#N)CC1. The molecule has 1 rings (SSSR count). The highest BCUT2D eigenvalue weighted by Crippen LogP contribution is 2.49. The lowest BCUT2D eigenvalue weighted by Gasteiger charge is -2.18. The number of nitriles is 1. The first-order valence-electron chi connectivity index (χ1n) is 3.72. The molecule has 0 saturated heterocycles. The fourth-order valence-electron chi connectivity index (χ4n) is 1.25. The normalized spacial score (nSPS) is 23.9. The Balaban J connectivity index is 2.58. The molecule has 0 aliphatic heterocycles. The minimum atomic E-state index is -0.419. The van der Waals surface area contributed by atoms with Crippen LogP contribution in [0.5, 0.6) is 0 Å². The monoisotopic (exact) mass is 139 g/mol. The standard InChI is InChI=1S/C8H13NO/c1-6(2)7(10)8(5-9)3-4-8/h6-7,10H,3-4H2,1-2H3. The molecule has 0 amide bonds. The summed E-state index contributed by atoms with van der Waals surface area (Å²) in [5.74, 6) is 0.210. The van der Waals surface area contributed by atoms with Crippen LogP contribution in [-0.4, -0.2) is 11.2 Å². The first-order valence-corrected chi connectivity index (χ1v) is 3.72. The van der Waals surface area contributed by atoms with Crippen LogP contribution in [0.3, 0.4) is 0 Å². The van der Waals surface area contributed by atoms with E-state index >= 15 is 0 Å². The van der Waals surface area contributed by atoms with E-state index in [4.69, 9.17) is 5.26 Å². The molecule has 1 aliphatic carbocycles. The maximum absolute atomic E-state index is 9.49. The number of hydrogen-bond donors (Lipinski definition) is 1. The molecule has 0 heterocycles. The lowest BCUT2D eigenvalue weighted by molar-refractivity contribution is 0.0761. The Morgan fingerprint density at radius 1 is 1.50 bits per heavy atom. The van der Waals surface area contributed by atoms with Crippen LogP contribution >= 0.6 is 0 Å². The molecular weight excluding hydrogens is 126 g/mol. The van der Waals surface area contributed by atoms with Gasteiger partial charge in [-0.25, -0.2) is 0 Å². The predicted octanol–water partition coefficient (Wildman–Crippen LogP) is 1.31. The molecule has 0 aromatic heterocycles. The highest BCUT2D eigenvalue weighted by atomic mass is 16.3. The number of hydrogen-bond acceptors (Lipinski definition) is 2. The fraction of sp³-hybridized carbons (Fsp3) is 0.875. The highest BCUT2D eigenvalue weighted by Gasteiger charge is 2.50. The van der Waals surface area contributed by atoms with Crippen LogP contribution in [0, 0.1) is 22.7 Å². The summed E-state index contributed by atoms with van der Waals surface area (Å²) < 4.78 is 0. The summed E-state index contributed by atoms with van der Waals surface area (Å²) in [7, 11) is 0. The van der Waals surface area contributed by atoms with Crippen LogP contribution in [0.15, 0.2) is 0 Å². The van der Waals surface area contributed by atoms with Gasteiger partial charge in [0.15, 0.2) is 0 Å². The molecule has 1 fully saturated rings. The van der Waals surface area contributed by atoms with Crippen molar-refractivity contribution in [1.29, 1.82) is 5.26 Å². The van der Waals surface area contributed by atoms with E-state index in [2.05, 4.69) is 6.07 Å². The Bertz CT molecular complexity index is 165. The quantitative estimate of drug-likeness (QED) is 0.626. The Labute approximate surface area is 61.5 Å². The van der Waals surface area contributed by atoms with E-state index in [1.165, 1.54) is 0 Å². The van der Waals surface area contributed by atoms with Crippen LogP contribution in [-0.2, 0) is 0 Å². The van der Waals surface area contributed by atoms with Crippen LogP contribution in [0.2, 0.25) is 0 Å². The van der Waals surface area contributed by atoms with Gasteiger partial charge in [0, 0.05) is 0 Å². The summed E-state index contributed by atoms with van der Waals surface area (Å²) in [6.45, 7) is 3.89. The van der Waals surface area contributed by atoms with Crippen molar-refractivity contribution in [2.45, 2.75) is 32.8 Å². The summed E-state index contributed by atoms with van der Waals surface area (Å²) in [5, 5.41) is 18.2. The number of aliphatic hydroxyl groups excluding tert-OH is 1. The van der Waals surface area contributed by atoms with E-state index in [-0.39, 0.29) is 11.3 Å². The van der Waals surface area contributed by atoms with Crippen LogP contribution in [0.25, 0.3) is 0 Å². The lowest BCUT2D eigenvalue weighted by Crippen LogP contribution is -2.25. The number of aliphatic hydroxyl groups is 1. The predicted molar refractivity (Wildman–Crippen MR) is 38.1 cm³/mol. The first kappa shape index (κ1) is 7.56. The van der Waals surface area contributed by atoms with Crippen molar-refractivity contribution < 1.29 is 5.11 Å². The van der Waals surface area contributed by atoms with Gasteiger partial charge in [0.2, 0.25) is 0 Å². The number of rotatable bonds is 2. The second kappa shape index (κ2) is 2.25. The zero-order chi connectivity index (χ0) is 7.78. The molecule has 0 aromatic rings. The molecule has 0 radical (unpaired) electrons. The van der Waals surface area contributed by atoms with Crippen molar-refractivity contribution in [3.63, 3.8) is 0 Å². The van der Waals surface area contributed by atoms with Gasteiger partial charge in [-0.15, -0.1) is 0 Å². The largest absolute Gasteiger partial charge is 0.391 e. The van der Waals surface area contributed by atoms with Gasteiger partial charge in [-0.2, -0.15) is 5.26 Å². The third-order valence-corrected chi connectivity index (χ3v) is 2.21. The molecule has 10 heavy (non-hydrogen) atoms. The van der Waals surface area contributed by atoms with E-state index in [0.29, 0.717) is 0 Å². The van der Waals surface area contributed by atoms with Gasteiger partial charge in [-0.1, -0.05) is 13.8 Å². The molecule has 2 heteroatoms. The molecule has 0 bridgehead atoms. The Kier molecular flexibility index (Phi) is 1.70. The van der Waals surface area contributed by atoms with Gasteiger partial charge in [0.05, 0.1) is 17.6 Å². The molecule has 2 nitrogen and oxygen atoms in total. The Morgan fingerprint density at radius 2 is 2.00 bits per heavy atom. The summed E-state index contributed by atoms with van der Waals surface area (Å²) >= 11 is 0. The number of nitrogens with zero attached hydrogens (tertiary/aromatic N) is 1. The lowest BCUT2D eigenvalue weighted by atomic mass is 9.92. The topological polar surface area (TPSA) is 44.0 Å². The van der Waals surface area contributed by atoms with Crippen LogP contribution in [0.1, 0.15) is 26.7 Å². The van der Waals surface area contributed by atoms with E-state index in [1.807, 2.05) is 13.8 Å². The van der Waals surface area contributed by atoms with Crippen LogP contribution < -0.4 is 0 Å². The summed E-state index contributed by atoms with van der Waals surface area (Å²) in [5.41, 5.74) is -0.367. The van der Waals surface area contributed by atoms with Crippen molar-refractivity contribution in [3.8, 4) is 6.07 Å². The molecule has 1 aliphatic rings. The zero-order valence-electron chi connectivity index (χ0n) is 6.46. The minimum absolute atomic E-state index is 0.210. The van der Waals surface area contributed by atoms with Gasteiger partial charge in [-0.3, -0.25) is 0 Å². The van der Waals surface area contributed by atoms with Gasteiger partial charge >= 0.3 is 0 Å². The zero-order valence-corrected chi connectivity index (χ0v) is 6.46. The van der Waals surface area contributed by atoms with Crippen molar-refractivity contribution in [3.05, 3.63) is 0 Å². The second-order valence-electron chi connectivity index (χ2n) is 3.46. The summed E-state index contributed by atoms with van der Waals surface area (Å²) in [6, 6.07) is 2.18. The van der Waals surface area contributed by atoms with Crippen molar-refractivity contribution in [2.75, 3.05) is 0 Å². The molecule has 0 aromatic carbocycles. The first-order chi connectivity index (χ1) is 4.62. The Morgan fingerprint density at radius 3 is 2.10 bits per heavy atom. The second-order valence-corrected chi connectivity index (χ2v) is 3.46. The van der Waals surface area contributed by atoms with Crippen LogP contribution in [0.4, 0.5) is 0 Å². The average molecular weight is 139 g/mol. The van der Waals surface area contributed by atoms with E-state index in [9.17, 15) is 5.11 Å². The molecule has 1 N–H and O–H groups in total. The van der Waals surface area contributed by atoms with Gasteiger partial charge in [0.1, 0.15) is 0 Å². The molecule has 1 atom stereocenters. The third kappa shape index (κ3) is 1.02. The van der Waals surface area contributed by atoms with Crippen molar-refractivity contribution >= 4 is 0 Å². The van der Waals surface area contributed by atoms with E-state index in [0.717, 1.165) is 12.8 Å². The van der Waals surface area contributed by atoms with Crippen molar-refractivity contribution in [2.24, 2.45) is 11.3 Å². The Hall–Kier alpha value is -0.550. The van der Waals surface area contributed by atoms with Gasteiger partial charge in [-0.05, 0) is 18.8 Å². The average Bonchev–Trinajstić information content (AvgIpc) is 2.66. The van der Waals surface area contributed by atoms with Gasteiger partial charge in [0.25, 0.3) is 0 Å². The van der Waals surface area contributed by atoms with E-state index in [1.54, 1.807) is 0 Å². The van der Waals surface area contributed by atoms with Crippen molar-refractivity contribution in [1.82, 2.24) is 0 Å². The smallest absolute Gasteiger partial charge is 0.0836 e. The molecule has 56 valence electrons. The maximum atomic E-state index is 9.49. The third-order valence-electron chi connectivity index (χ3n) is 2.21.